The summed E-state index contributed by atoms with van der Waals surface area (Å²) >= 11 is 0. The number of fused-ring (bicyclic) bond motifs is 7. The average molecular weight is 595 g/mol. The van der Waals surface area contributed by atoms with Crippen molar-refractivity contribution in [3.63, 3.8) is 0 Å². The standard InChI is InChI=1S/C38H58O5/c1-9-25(11-10-12-32(41)42)23-43-31-22-33(2,3)21-27-26-13-14-29-35(5)17-16-30(40)36(6,24-39)28(35)15-18-38(29,8)37(26,7)20-19-34(27,31)4/h9-13,27-31,39-40H,1,14-24H2,2-8H3,(H,41,42)/b12-10+,25-11+/t27?,28?,29?,30?,31-,34?,35?,36-,37-,38?/m1/s1. The van der Waals surface area contributed by atoms with Crippen LogP contribution in [0, 0.1) is 50.2 Å². The van der Waals surface area contributed by atoms with Crippen molar-refractivity contribution in [3.05, 3.63) is 48.1 Å². The van der Waals surface area contributed by atoms with Gasteiger partial charge < -0.3 is 20.1 Å². The fraction of sp³-hybridized carbons (Fsp3) is 0.763. The third kappa shape index (κ3) is 4.95. The van der Waals surface area contributed by atoms with Gasteiger partial charge in [0.2, 0.25) is 0 Å². The molecule has 7 unspecified atom stereocenters. The van der Waals surface area contributed by atoms with E-state index in [4.69, 9.17) is 9.84 Å². The number of aliphatic carboxylic acids is 1. The Kier molecular flexibility index (Phi) is 8.35. The van der Waals surface area contributed by atoms with Crippen LogP contribution in [0.15, 0.2) is 48.1 Å². The smallest absolute Gasteiger partial charge is 0.328 e. The SMILES string of the molecule is C=C/C(=C\C=C\C(=O)O)CO[C@@H]1CC(C)(C)CC2C3=CCC4C5(C)CCC(O)[C@](C)(CO)C5CCC4(C)[C@]3(C)CCC21C. The van der Waals surface area contributed by atoms with E-state index in [1.165, 1.54) is 6.42 Å². The minimum atomic E-state index is -0.960. The summed E-state index contributed by atoms with van der Waals surface area (Å²) in [6.45, 7) is 21.5. The molecule has 43 heavy (non-hydrogen) atoms. The normalized spacial score (nSPS) is 47.5. The number of carboxylic acid groups (broad SMARTS) is 1. The summed E-state index contributed by atoms with van der Waals surface area (Å²) in [7, 11) is 0. The summed E-state index contributed by atoms with van der Waals surface area (Å²) in [6.07, 6.45) is 18.2. The minimum Gasteiger partial charge on any atom is -0.478 e. The molecule has 5 rings (SSSR count). The zero-order valence-electron chi connectivity index (χ0n) is 27.9. The monoisotopic (exact) mass is 594 g/mol. The van der Waals surface area contributed by atoms with Crippen LogP contribution in [-0.2, 0) is 9.53 Å². The Labute approximate surface area is 260 Å². The van der Waals surface area contributed by atoms with E-state index in [1.54, 1.807) is 23.8 Å². The number of carbonyl (C=O) groups is 1. The van der Waals surface area contributed by atoms with Crippen LogP contribution < -0.4 is 0 Å². The molecule has 10 atom stereocenters. The maximum Gasteiger partial charge on any atom is 0.328 e. The summed E-state index contributed by atoms with van der Waals surface area (Å²) in [6, 6.07) is 0. The van der Waals surface area contributed by atoms with Crippen molar-refractivity contribution in [2.24, 2.45) is 50.2 Å². The highest BCUT2D eigenvalue weighted by Gasteiger charge is 2.69. The highest BCUT2D eigenvalue weighted by molar-refractivity contribution is 5.80. The first-order valence-corrected chi connectivity index (χ1v) is 16.8. The first-order chi connectivity index (χ1) is 20.0. The second-order valence-electron chi connectivity index (χ2n) is 17.1. The number of allylic oxidation sites excluding steroid dienone is 4. The number of hydrogen-bond donors (Lipinski definition) is 3. The van der Waals surface area contributed by atoms with Crippen LogP contribution in [0.4, 0.5) is 0 Å². The van der Waals surface area contributed by atoms with Crippen LogP contribution in [0.25, 0.3) is 0 Å². The van der Waals surface area contributed by atoms with Crippen molar-refractivity contribution in [2.75, 3.05) is 13.2 Å². The van der Waals surface area contributed by atoms with E-state index in [-0.39, 0.29) is 39.8 Å². The van der Waals surface area contributed by atoms with E-state index in [0.717, 1.165) is 63.0 Å². The van der Waals surface area contributed by atoms with Gasteiger partial charge in [-0.2, -0.15) is 0 Å². The molecule has 0 spiro atoms. The fourth-order valence-electron chi connectivity index (χ4n) is 11.5. The molecule has 5 heteroatoms. The molecule has 0 aromatic carbocycles. The van der Waals surface area contributed by atoms with Crippen LogP contribution in [0.1, 0.15) is 106 Å². The largest absolute Gasteiger partial charge is 0.478 e. The summed E-state index contributed by atoms with van der Waals surface area (Å²) in [5.74, 6) is 0.376. The molecule has 0 aromatic heterocycles. The summed E-state index contributed by atoms with van der Waals surface area (Å²) in [4.78, 5) is 10.9. The van der Waals surface area contributed by atoms with E-state index < -0.39 is 17.5 Å². The lowest BCUT2D eigenvalue weighted by molar-refractivity contribution is -0.219. The Morgan fingerprint density at radius 2 is 1.72 bits per heavy atom. The van der Waals surface area contributed by atoms with Crippen molar-refractivity contribution < 1.29 is 24.9 Å². The highest BCUT2D eigenvalue weighted by Crippen LogP contribution is 2.75. The molecule has 240 valence electrons. The number of rotatable bonds is 7. The molecular weight excluding hydrogens is 536 g/mol. The second-order valence-corrected chi connectivity index (χ2v) is 17.1. The summed E-state index contributed by atoms with van der Waals surface area (Å²) < 4.78 is 6.78. The third-order valence-electron chi connectivity index (χ3n) is 14.5. The van der Waals surface area contributed by atoms with Crippen molar-refractivity contribution >= 4 is 5.97 Å². The first-order valence-electron chi connectivity index (χ1n) is 16.8. The Morgan fingerprint density at radius 1 is 1.00 bits per heavy atom. The molecule has 0 aromatic rings. The maximum atomic E-state index is 11.1. The van der Waals surface area contributed by atoms with Crippen molar-refractivity contribution in [1.82, 2.24) is 0 Å². The number of hydrogen-bond acceptors (Lipinski definition) is 4. The van der Waals surface area contributed by atoms with E-state index in [9.17, 15) is 15.0 Å². The quantitative estimate of drug-likeness (QED) is 0.159. The van der Waals surface area contributed by atoms with Gasteiger partial charge in [0.05, 0.1) is 25.4 Å². The van der Waals surface area contributed by atoms with Crippen LogP contribution >= 0.6 is 0 Å². The van der Waals surface area contributed by atoms with E-state index in [2.05, 4.69) is 61.1 Å². The number of aliphatic hydroxyl groups excluding tert-OH is 2. The molecule has 3 N–H and O–H groups in total. The van der Waals surface area contributed by atoms with Crippen LogP contribution in [-0.4, -0.2) is 46.7 Å². The lowest BCUT2D eigenvalue weighted by Gasteiger charge is -2.71. The molecule has 0 radical (unpaired) electrons. The van der Waals surface area contributed by atoms with Gasteiger partial charge in [-0.15, -0.1) is 0 Å². The van der Waals surface area contributed by atoms with Gasteiger partial charge in [0, 0.05) is 16.9 Å². The molecule has 0 heterocycles. The fourth-order valence-corrected chi connectivity index (χ4v) is 11.5. The van der Waals surface area contributed by atoms with E-state index in [0.29, 0.717) is 24.4 Å². The molecule has 4 saturated carbocycles. The average Bonchev–Trinajstić information content (AvgIpc) is 2.93. The van der Waals surface area contributed by atoms with Gasteiger partial charge >= 0.3 is 5.97 Å². The second kappa shape index (κ2) is 11.0. The van der Waals surface area contributed by atoms with Crippen LogP contribution in [0.5, 0.6) is 0 Å². The topological polar surface area (TPSA) is 87.0 Å². The molecule has 0 aliphatic heterocycles. The zero-order valence-corrected chi connectivity index (χ0v) is 27.9. The molecule has 0 saturated heterocycles. The van der Waals surface area contributed by atoms with Gasteiger partial charge in [-0.05, 0) is 103 Å². The Balaban J connectivity index is 1.47. The minimum absolute atomic E-state index is 0.0404. The van der Waals surface area contributed by atoms with E-state index in [1.807, 2.05) is 0 Å². The summed E-state index contributed by atoms with van der Waals surface area (Å²) in [5, 5.41) is 30.6. The van der Waals surface area contributed by atoms with Gasteiger partial charge in [-0.25, -0.2) is 4.79 Å². The van der Waals surface area contributed by atoms with Crippen LogP contribution in [0.2, 0.25) is 0 Å². The lowest BCUT2D eigenvalue weighted by atomic mass is 9.33. The van der Waals surface area contributed by atoms with Crippen LogP contribution in [0.3, 0.4) is 0 Å². The number of aliphatic hydroxyl groups is 2. The van der Waals surface area contributed by atoms with Crippen molar-refractivity contribution in [3.8, 4) is 0 Å². The van der Waals surface area contributed by atoms with E-state index >= 15 is 0 Å². The Morgan fingerprint density at radius 3 is 2.37 bits per heavy atom. The lowest BCUT2D eigenvalue weighted by Crippen LogP contribution is -2.66. The van der Waals surface area contributed by atoms with Gasteiger partial charge in [-0.3, -0.25) is 0 Å². The number of ether oxygens (including phenoxy) is 1. The Hall–Kier alpha value is -1.69. The molecule has 4 fully saturated rings. The van der Waals surface area contributed by atoms with Gasteiger partial charge in [0.1, 0.15) is 0 Å². The predicted molar refractivity (Wildman–Crippen MR) is 172 cm³/mol. The molecule has 0 bridgehead atoms. The highest BCUT2D eigenvalue weighted by atomic mass is 16.5. The zero-order chi connectivity index (χ0) is 31.6. The predicted octanol–water partition coefficient (Wildman–Crippen LogP) is 7.89. The maximum absolute atomic E-state index is 11.1. The van der Waals surface area contributed by atoms with Crippen molar-refractivity contribution in [1.29, 1.82) is 0 Å². The summed E-state index contributed by atoms with van der Waals surface area (Å²) in [5.41, 5.74) is 2.73. The third-order valence-corrected chi connectivity index (χ3v) is 14.5. The molecule has 5 aliphatic carbocycles. The first kappa shape index (κ1) is 32.7. The van der Waals surface area contributed by atoms with Gasteiger partial charge in [0.25, 0.3) is 0 Å². The Bertz CT molecular complexity index is 1210. The molecule has 5 nitrogen and oxygen atoms in total. The van der Waals surface area contributed by atoms with Gasteiger partial charge in [-0.1, -0.05) is 84.9 Å². The molecular formula is C38H58O5. The van der Waals surface area contributed by atoms with Gasteiger partial charge in [0.15, 0.2) is 0 Å². The molecule has 0 amide bonds. The molecule has 5 aliphatic rings. The van der Waals surface area contributed by atoms with Crippen molar-refractivity contribution in [2.45, 2.75) is 118 Å². The number of carboxylic acids is 1.